The van der Waals surface area contributed by atoms with Crippen LogP contribution in [0.25, 0.3) is 0 Å². The number of hydrogen-bond donors (Lipinski definition) is 0. The lowest BCUT2D eigenvalue weighted by Gasteiger charge is -2.18. The summed E-state index contributed by atoms with van der Waals surface area (Å²) in [5.41, 5.74) is 3.54. The zero-order valence-electron chi connectivity index (χ0n) is 16.1. The predicted molar refractivity (Wildman–Crippen MR) is 114 cm³/mol. The molecule has 1 nitrogen and oxygen atoms in total. The molecule has 1 unspecified atom stereocenters. The Kier molecular flexibility index (Phi) is 5.68. The summed E-state index contributed by atoms with van der Waals surface area (Å²) >= 11 is 1.68. The Labute approximate surface area is 173 Å². The third-order valence-corrected chi connectivity index (χ3v) is 6.52. The van der Waals surface area contributed by atoms with Crippen LogP contribution in [0.2, 0.25) is 0 Å². The highest BCUT2D eigenvalue weighted by molar-refractivity contribution is 7.99. The molecular weight excluding hydrogens is 391 g/mol. The van der Waals surface area contributed by atoms with E-state index in [1.165, 1.54) is 30.5 Å². The first kappa shape index (κ1) is 20.0. The maximum absolute atomic E-state index is 13.0. The summed E-state index contributed by atoms with van der Waals surface area (Å²) in [6, 6.07) is 13.6. The van der Waals surface area contributed by atoms with Gasteiger partial charge in [0.25, 0.3) is 0 Å². The van der Waals surface area contributed by atoms with E-state index in [1.54, 1.807) is 23.9 Å². The number of para-hydroxylation sites is 1. The number of alkyl halides is 3. The lowest BCUT2D eigenvalue weighted by atomic mass is 9.97. The normalized spacial score (nSPS) is 20.3. The molecule has 5 heteroatoms. The summed E-state index contributed by atoms with van der Waals surface area (Å²) in [5.74, 6) is 0.536. The number of aliphatic imine (C=N–C) groups is 1. The monoisotopic (exact) mass is 413 g/mol. The molecule has 1 heterocycles. The Morgan fingerprint density at radius 3 is 2.45 bits per heavy atom. The lowest BCUT2D eigenvalue weighted by Crippen LogP contribution is -2.09. The van der Waals surface area contributed by atoms with E-state index >= 15 is 0 Å². The van der Waals surface area contributed by atoms with Gasteiger partial charge in [-0.1, -0.05) is 42.5 Å². The number of halogens is 3. The quantitative estimate of drug-likeness (QED) is 0.464. The van der Waals surface area contributed by atoms with Gasteiger partial charge in [-0.15, -0.1) is 11.8 Å². The molecule has 1 aliphatic carbocycles. The van der Waals surface area contributed by atoms with Crippen molar-refractivity contribution in [1.82, 2.24) is 0 Å². The molecule has 4 rings (SSSR count). The van der Waals surface area contributed by atoms with Crippen molar-refractivity contribution < 1.29 is 13.2 Å². The highest BCUT2D eigenvalue weighted by atomic mass is 32.2. The standard InChI is InChI=1S/C24H22F3NS/c1-2-3-6-19(16-9-10-16)21-15-23(29-22-8-5-4-7-20(22)28-21)17-11-13-18(14-12-17)24(25,26)27/h2-8,11-14,16,23H,9-10,15H2,1H3/b3-2-,19-6+. The van der Waals surface area contributed by atoms with E-state index in [4.69, 9.17) is 4.99 Å². The zero-order chi connectivity index (χ0) is 20.4. The van der Waals surface area contributed by atoms with Crippen LogP contribution in [0.4, 0.5) is 18.9 Å². The number of allylic oxidation sites excluding steroid dienone is 4. The minimum atomic E-state index is -4.32. The van der Waals surface area contributed by atoms with Gasteiger partial charge in [-0.2, -0.15) is 13.2 Å². The number of fused-ring (bicyclic) bond motifs is 1. The number of hydrogen-bond acceptors (Lipinski definition) is 2. The number of rotatable bonds is 4. The van der Waals surface area contributed by atoms with E-state index in [0.29, 0.717) is 12.3 Å². The van der Waals surface area contributed by atoms with Gasteiger partial charge in [0.15, 0.2) is 0 Å². The molecule has 1 fully saturated rings. The second-order valence-electron chi connectivity index (χ2n) is 7.38. The number of nitrogens with zero attached hydrogens (tertiary/aromatic N) is 1. The summed E-state index contributed by atoms with van der Waals surface area (Å²) in [4.78, 5) is 6.06. The molecule has 0 amide bonds. The maximum Gasteiger partial charge on any atom is 0.416 e. The Hall–Kier alpha value is -2.27. The van der Waals surface area contributed by atoms with Gasteiger partial charge in [0, 0.05) is 22.3 Å². The van der Waals surface area contributed by atoms with Crippen LogP contribution >= 0.6 is 11.8 Å². The third-order valence-electron chi connectivity index (χ3n) is 5.20. The molecule has 0 bridgehead atoms. The Morgan fingerprint density at radius 1 is 1.07 bits per heavy atom. The van der Waals surface area contributed by atoms with E-state index in [0.717, 1.165) is 21.9 Å². The van der Waals surface area contributed by atoms with Crippen LogP contribution in [0.15, 0.2) is 82.2 Å². The van der Waals surface area contributed by atoms with Crippen LogP contribution < -0.4 is 0 Å². The van der Waals surface area contributed by atoms with Crippen LogP contribution in [0, 0.1) is 5.92 Å². The van der Waals surface area contributed by atoms with E-state index in [-0.39, 0.29) is 5.25 Å². The second-order valence-corrected chi connectivity index (χ2v) is 8.62. The average molecular weight is 414 g/mol. The molecule has 1 atom stereocenters. The minimum Gasteiger partial charge on any atom is -0.252 e. The van der Waals surface area contributed by atoms with Gasteiger partial charge in [-0.25, -0.2) is 0 Å². The first-order valence-corrected chi connectivity index (χ1v) is 10.7. The van der Waals surface area contributed by atoms with Gasteiger partial charge >= 0.3 is 6.18 Å². The van der Waals surface area contributed by atoms with Crippen molar-refractivity contribution in [1.29, 1.82) is 0 Å². The van der Waals surface area contributed by atoms with Crippen LogP contribution in [0.3, 0.4) is 0 Å². The second kappa shape index (κ2) is 8.23. The molecule has 0 spiro atoms. The largest absolute Gasteiger partial charge is 0.416 e. The Morgan fingerprint density at radius 2 is 1.79 bits per heavy atom. The summed E-state index contributed by atoms with van der Waals surface area (Å²) < 4.78 is 38.9. The fourth-order valence-corrected chi connectivity index (χ4v) is 4.76. The molecule has 0 aromatic heterocycles. The van der Waals surface area contributed by atoms with Gasteiger partial charge in [0.1, 0.15) is 0 Å². The van der Waals surface area contributed by atoms with E-state index in [2.05, 4.69) is 6.08 Å². The average Bonchev–Trinajstić information content (AvgIpc) is 3.54. The Bertz CT molecular complexity index is 966. The predicted octanol–water partition coefficient (Wildman–Crippen LogP) is 7.93. The molecule has 1 aliphatic heterocycles. The molecule has 29 heavy (non-hydrogen) atoms. The summed E-state index contributed by atoms with van der Waals surface area (Å²) in [6.45, 7) is 1.99. The molecular formula is C24H22F3NS. The van der Waals surface area contributed by atoms with Crippen LogP contribution in [-0.2, 0) is 6.18 Å². The number of benzene rings is 2. The highest BCUT2D eigenvalue weighted by Crippen LogP contribution is 2.48. The molecule has 0 N–H and O–H groups in total. The summed E-state index contributed by atoms with van der Waals surface area (Å²) in [5, 5.41) is 0.0208. The van der Waals surface area contributed by atoms with Gasteiger partial charge in [-0.05, 0) is 61.1 Å². The van der Waals surface area contributed by atoms with Crippen molar-refractivity contribution >= 4 is 23.2 Å². The molecule has 0 saturated heterocycles. The first-order valence-electron chi connectivity index (χ1n) is 9.79. The van der Waals surface area contributed by atoms with Crippen molar-refractivity contribution in [3.05, 3.63) is 83.5 Å². The smallest absolute Gasteiger partial charge is 0.252 e. The Balaban J connectivity index is 1.72. The van der Waals surface area contributed by atoms with Gasteiger partial charge in [0.2, 0.25) is 0 Å². The van der Waals surface area contributed by atoms with Crippen LogP contribution in [0.5, 0.6) is 0 Å². The highest BCUT2D eigenvalue weighted by Gasteiger charge is 2.33. The van der Waals surface area contributed by atoms with Crippen molar-refractivity contribution in [2.45, 2.75) is 42.5 Å². The van der Waals surface area contributed by atoms with E-state index in [9.17, 15) is 13.2 Å². The van der Waals surface area contributed by atoms with Gasteiger partial charge in [-0.3, -0.25) is 4.99 Å². The molecule has 2 aromatic carbocycles. The van der Waals surface area contributed by atoms with Gasteiger partial charge in [0.05, 0.1) is 11.3 Å². The molecule has 0 radical (unpaired) electrons. The molecule has 2 aliphatic rings. The van der Waals surface area contributed by atoms with Crippen molar-refractivity contribution in [3.8, 4) is 0 Å². The van der Waals surface area contributed by atoms with Crippen LogP contribution in [0.1, 0.15) is 42.6 Å². The van der Waals surface area contributed by atoms with Crippen molar-refractivity contribution in [2.24, 2.45) is 10.9 Å². The zero-order valence-corrected chi connectivity index (χ0v) is 16.9. The maximum atomic E-state index is 13.0. The third kappa shape index (κ3) is 4.67. The molecule has 2 aromatic rings. The fraction of sp³-hybridized carbons (Fsp3) is 0.292. The fourth-order valence-electron chi connectivity index (χ4n) is 3.53. The van der Waals surface area contributed by atoms with Crippen LogP contribution in [-0.4, -0.2) is 5.71 Å². The molecule has 1 saturated carbocycles. The topological polar surface area (TPSA) is 12.4 Å². The van der Waals surface area contributed by atoms with E-state index < -0.39 is 11.7 Å². The van der Waals surface area contributed by atoms with Crippen molar-refractivity contribution in [3.63, 3.8) is 0 Å². The first-order chi connectivity index (χ1) is 14.0. The van der Waals surface area contributed by atoms with Gasteiger partial charge < -0.3 is 0 Å². The lowest BCUT2D eigenvalue weighted by molar-refractivity contribution is -0.137. The minimum absolute atomic E-state index is 0.0208. The summed E-state index contributed by atoms with van der Waals surface area (Å²) in [7, 11) is 0. The number of thioether (sulfide) groups is 1. The SMILES string of the molecule is C/C=C\C=C(\C1=Nc2ccccc2SC(c2ccc(C(F)(F)F)cc2)C1)C1CC1. The van der Waals surface area contributed by atoms with Crippen molar-refractivity contribution in [2.75, 3.05) is 0 Å². The summed E-state index contributed by atoms with van der Waals surface area (Å²) in [6.07, 6.45) is 4.93. The van der Waals surface area contributed by atoms with E-state index in [1.807, 2.05) is 43.3 Å². The molecule has 150 valence electrons.